The van der Waals surface area contributed by atoms with E-state index in [1.807, 2.05) is 18.2 Å². The number of aromatic nitrogens is 5. The SMILES string of the molecule is CCCCc1ccccc1-c1cc(Cn2cc3nc(-c4cccc(F)c4F)nc-3cn2)on1. The van der Waals surface area contributed by atoms with Crippen molar-refractivity contribution in [3.05, 3.63) is 83.9 Å². The molecule has 0 fully saturated rings. The normalized spacial score (nSPS) is 11.4. The van der Waals surface area contributed by atoms with Crippen LogP contribution >= 0.6 is 0 Å². The Morgan fingerprint density at radius 3 is 2.64 bits per heavy atom. The molecule has 166 valence electrons. The third kappa shape index (κ3) is 4.24. The summed E-state index contributed by atoms with van der Waals surface area (Å²) >= 11 is 0. The predicted molar refractivity (Wildman–Crippen MR) is 119 cm³/mol. The van der Waals surface area contributed by atoms with Crippen molar-refractivity contribution in [1.82, 2.24) is 24.9 Å². The topological polar surface area (TPSA) is 69.6 Å². The fraction of sp³-hybridized carbons (Fsp3) is 0.200. The number of nitrogens with zero attached hydrogens (tertiary/aromatic N) is 5. The molecule has 3 aromatic rings. The van der Waals surface area contributed by atoms with E-state index in [0.29, 0.717) is 23.7 Å². The lowest BCUT2D eigenvalue weighted by Gasteiger charge is -2.05. The molecule has 8 heteroatoms. The van der Waals surface area contributed by atoms with E-state index in [0.717, 1.165) is 36.6 Å². The Bertz CT molecular complexity index is 1380. The molecule has 6 nitrogen and oxygen atoms in total. The number of fused-ring (bicyclic) bond motifs is 1. The fourth-order valence-electron chi connectivity index (χ4n) is 3.77. The molecule has 0 spiro atoms. The molecule has 0 saturated heterocycles. The van der Waals surface area contributed by atoms with Gasteiger partial charge in [-0.25, -0.2) is 18.7 Å². The van der Waals surface area contributed by atoms with Crippen molar-refractivity contribution in [1.29, 1.82) is 0 Å². The molecule has 0 amide bonds. The minimum atomic E-state index is -0.970. The van der Waals surface area contributed by atoms with Crippen LogP contribution < -0.4 is 0 Å². The zero-order valence-corrected chi connectivity index (χ0v) is 18.0. The van der Waals surface area contributed by atoms with Crippen molar-refractivity contribution in [2.75, 3.05) is 0 Å². The molecule has 2 aromatic carbocycles. The van der Waals surface area contributed by atoms with Crippen molar-refractivity contribution in [3.63, 3.8) is 0 Å². The maximum atomic E-state index is 14.1. The van der Waals surface area contributed by atoms with Crippen molar-refractivity contribution in [2.45, 2.75) is 32.7 Å². The van der Waals surface area contributed by atoms with E-state index in [1.165, 1.54) is 17.7 Å². The molecular weight excluding hydrogens is 424 g/mol. The van der Waals surface area contributed by atoms with Gasteiger partial charge in [0.05, 0.1) is 18.0 Å². The van der Waals surface area contributed by atoms with Crippen LogP contribution in [0.5, 0.6) is 0 Å². The number of aryl methyl sites for hydroxylation is 1. The summed E-state index contributed by atoms with van der Waals surface area (Å²) in [4.78, 5) is 8.64. The van der Waals surface area contributed by atoms with Gasteiger partial charge in [-0.2, -0.15) is 5.10 Å². The highest BCUT2D eigenvalue weighted by Crippen LogP contribution is 2.28. The number of unbranched alkanes of at least 4 members (excludes halogenated alkanes) is 1. The second-order valence-electron chi connectivity index (χ2n) is 7.83. The van der Waals surface area contributed by atoms with Gasteiger partial charge in [-0.15, -0.1) is 0 Å². The first-order valence-corrected chi connectivity index (χ1v) is 10.8. The van der Waals surface area contributed by atoms with Crippen LogP contribution in [0.25, 0.3) is 34.0 Å². The van der Waals surface area contributed by atoms with E-state index in [9.17, 15) is 8.78 Å². The van der Waals surface area contributed by atoms with Gasteiger partial charge >= 0.3 is 0 Å². The van der Waals surface area contributed by atoms with E-state index >= 15 is 0 Å². The molecule has 0 unspecified atom stereocenters. The van der Waals surface area contributed by atoms with Gasteiger partial charge < -0.3 is 4.52 Å². The third-order valence-electron chi connectivity index (χ3n) is 5.48. The molecule has 0 N–H and O–H groups in total. The quantitative estimate of drug-likeness (QED) is 0.318. The van der Waals surface area contributed by atoms with Gasteiger partial charge in [0, 0.05) is 11.6 Å². The van der Waals surface area contributed by atoms with Crippen molar-refractivity contribution < 1.29 is 13.3 Å². The van der Waals surface area contributed by atoms with Gasteiger partial charge in [-0.05, 0) is 30.5 Å². The lowest BCUT2D eigenvalue weighted by atomic mass is 10.00. The highest BCUT2D eigenvalue weighted by molar-refractivity contribution is 5.66. The molecule has 2 aliphatic rings. The largest absolute Gasteiger partial charge is 0.359 e. The average molecular weight is 445 g/mol. The Kier molecular flexibility index (Phi) is 5.64. The van der Waals surface area contributed by atoms with E-state index in [4.69, 9.17) is 4.52 Å². The smallest absolute Gasteiger partial charge is 0.169 e. The van der Waals surface area contributed by atoms with Crippen LogP contribution in [0.15, 0.2) is 65.4 Å². The predicted octanol–water partition coefficient (Wildman–Crippen LogP) is 5.77. The van der Waals surface area contributed by atoms with E-state index in [1.54, 1.807) is 17.1 Å². The van der Waals surface area contributed by atoms with Crippen LogP contribution in [0, 0.1) is 11.6 Å². The van der Waals surface area contributed by atoms with Crippen molar-refractivity contribution >= 4 is 0 Å². The molecule has 0 aliphatic carbocycles. The van der Waals surface area contributed by atoms with E-state index in [-0.39, 0.29) is 11.4 Å². The lowest BCUT2D eigenvalue weighted by molar-refractivity contribution is 0.372. The number of hydrogen-bond donors (Lipinski definition) is 0. The summed E-state index contributed by atoms with van der Waals surface area (Å²) in [7, 11) is 0. The van der Waals surface area contributed by atoms with Crippen LogP contribution in [0.4, 0.5) is 8.78 Å². The monoisotopic (exact) mass is 445 g/mol. The Morgan fingerprint density at radius 2 is 1.76 bits per heavy atom. The lowest BCUT2D eigenvalue weighted by Crippen LogP contribution is -2.04. The minimum absolute atomic E-state index is 0.0133. The first-order chi connectivity index (χ1) is 16.1. The van der Waals surface area contributed by atoms with E-state index in [2.05, 4.69) is 39.3 Å². The first-order valence-electron chi connectivity index (χ1n) is 10.8. The number of benzene rings is 2. The Balaban J connectivity index is 1.39. The first kappa shape index (κ1) is 20.9. The Labute approximate surface area is 189 Å². The summed E-state index contributed by atoms with van der Waals surface area (Å²) in [6.45, 7) is 2.52. The second-order valence-corrected chi connectivity index (χ2v) is 7.83. The molecule has 33 heavy (non-hydrogen) atoms. The third-order valence-corrected chi connectivity index (χ3v) is 5.48. The standard InChI is InChI=1S/C25H21F2N5O/c1-2-3-7-16-8-4-5-9-18(16)21-12-17(33-31-21)14-32-15-23-22(13-28-32)29-25(30-23)19-10-6-11-20(26)24(19)27/h4-6,8-13,15H,2-3,7,14H2,1H3. The van der Waals surface area contributed by atoms with Crippen LogP contribution in [-0.4, -0.2) is 24.9 Å². The summed E-state index contributed by atoms with van der Waals surface area (Å²) in [5.41, 5.74) is 4.13. The summed E-state index contributed by atoms with van der Waals surface area (Å²) in [6, 6.07) is 14.1. The average Bonchev–Trinajstić information content (AvgIpc) is 3.46. The summed E-state index contributed by atoms with van der Waals surface area (Å²) in [5, 5.41) is 8.60. The van der Waals surface area contributed by atoms with Gasteiger partial charge in [0.15, 0.2) is 23.2 Å². The Morgan fingerprint density at radius 1 is 0.939 bits per heavy atom. The number of halogens is 2. The minimum Gasteiger partial charge on any atom is -0.359 e. The maximum absolute atomic E-state index is 14.1. The van der Waals surface area contributed by atoms with Gasteiger partial charge in [-0.3, -0.25) is 4.68 Å². The summed E-state index contributed by atoms with van der Waals surface area (Å²) in [5.74, 6) is -1.15. The van der Waals surface area contributed by atoms with Gasteiger partial charge in [-0.1, -0.05) is 48.8 Å². The number of hydrogen-bond acceptors (Lipinski definition) is 5. The maximum Gasteiger partial charge on any atom is 0.169 e. The van der Waals surface area contributed by atoms with Crippen LogP contribution in [0.2, 0.25) is 0 Å². The van der Waals surface area contributed by atoms with Gasteiger partial charge in [0.2, 0.25) is 0 Å². The van der Waals surface area contributed by atoms with Crippen molar-refractivity contribution in [2.24, 2.45) is 0 Å². The summed E-state index contributed by atoms with van der Waals surface area (Å²) < 4.78 is 34.9. The molecule has 3 heterocycles. The zero-order chi connectivity index (χ0) is 22.8. The number of rotatable bonds is 7. The van der Waals surface area contributed by atoms with Crippen LogP contribution in [0.1, 0.15) is 31.1 Å². The molecule has 0 bridgehead atoms. The molecule has 0 radical (unpaired) electrons. The van der Waals surface area contributed by atoms with E-state index < -0.39 is 11.6 Å². The summed E-state index contributed by atoms with van der Waals surface area (Å²) in [6.07, 6.45) is 6.47. The molecular formula is C25H21F2N5O. The van der Waals surface area contributed by atoms with Crippen LogP contribution in [0.3, 0.4) is 0 Å². The highest BCUT2D eigenvalue weighted by atomic mass is 19.2. The molecule has 2 aliphatic heterocycles. The van der Waals surface area contributed by atoms with Crippen LogP contribution in [-0.2, 0) is 13.0 Å². The molecule has 0 saturated carbocycles. The number of imidazole rings is 1. The molecule has 1 aromatic heterocycles. The Hall–Kier alpha value is -3.94. The second kappa shape index (κ2) is 8.90. The molecule has 0 atom stereocenters. The van der Waals surface area contributed by atoms with Gasteiger partial charge in [0.1, 0.15) is 23.6 Å². The molecule has 5 rings (SSSR count). The highest BCUT2D eigenvalue weighted by Gasteiger charge is 2.18. The van der Waals surface area contributed by atoms with Crippen molar-refractivity contribution in [3.8, 4) is 34.0 Å². The fourth-order valence-corrected chi connectivity index (χ4v) is 3.77. The van der Waals surface area contributed by atoms with Gasteiger partial charge in [0.25, 0.3) is 0 Å². The zero-order valence-electron chi connectivity index (χ0n) is 18.0.